The molecule has 0 bridgehead atoms. The van der Waals surface area contributed by atoms with Crippen molar-refractivity contribution in [1.29, 1.82) is 0 Å². The fourth-order valence-corrected chi connectivity index (χ4v) is 3.37. The molecular weight excluding hydrogens is 363 g/mol. The maximum absolute atomic E-state index is 12.8. The summed E-state index contributed by atoms with van der Waals surface area (Å²) >= 11 is 0. The van der Waals surface area contributed by atoms with Gasteiger partial charge in [-0.3, -0.25) is 4.79 Å². The highest BCUT2D eigenvalue weighted by Crippen LogP contribution is 2.30. The van der Waals surface area contributed by atoms with Gasteiger partial charge in [-0.25, -0.2) is 0 Å². The van der Waals surface area contributed by atoms with Gasteiger partial charge in [0.15, 0.2) is 0 Å². The number of fused-ring (bicyclic) bond motifs is 1. The Labute approximate surface area is 162 Å². The van der Waals surface area contributed by atoms with Crippen LogP contribution < -0.4 is 0 Å². The van der Waals surface area contributed by atoms with E-state index in [0.29, 0.717) is 5.56 Å². The van der Waals surface area contributed by atoms with Gasteiger partial charge in [0.1, 0.15) is 0 Å². The van der Waals surface area contributed by atoms with Crippen LogP contribution in [0.15, 0.2) is 66.7 Å². The van der Waals surface area contributed by atoms with E-state index in [-0.39, 0.29) is 24.8 Å². The van der Waals surface area contributed by atoms with Crippen LogP contribution in [0.2, 0.25) is 0 Å². The highest BCUT2D eigenvalue weighted by atomic mass is 19.4. The summed E-state index contributed by atoms with van der Waals surface area (Å²) < 4.78 is 38.5. The number of alkyl halides is 3. The molecule has 0 aliphatic heterocycles. The molecule has 1 atom stereocenters. The first-order valence-electron chi connectivity index (χ1n) is 9.17. The van der Waals surface area contributed by atoms with E-state index < -0.39 is 11.7 Å². The second-order valence-corrected chi connectivity index (χ2v) is 6.95. The fraction of sp³-hybridized carbons (Fsp3) is 0.261. The zero-order chi connectivity index (χ0) is 20.3. The molecule has 0 fully saturated rings. The molecule has 1 unspecified atom stereocenters. The predicted molar refractivity (Wildman–Crippen MR) is 105 cm³/mol. The van der Waals surface area contributed by atoms with Gasteiger partial charge < -0.3 is 4.90 Å². The molecule has 146 valence electrons. The number of aryl methyl sites for hydroxylation is 1. The van der Waals surface area contributed by atoms with Gasteiger partial charge in [-0.05, 0) is 41.3 Å². The number of carbonyl (C=O) groups is 1. The Morgan fingerprint density at radius 1 is 1.00 bits per heavy atom. The number of benzene rings is 3. The first kappa shape index (κ1) is 19.9. The summed E-state index contributed by atoms with van der Waals surface area (Å²) in [5.41, 5.74) is 0.873. The minimum atomic E-state index is -4.38. The first-order chi connectivity index (χ1) is 13.3. The van der Waals surface area contributed by atoms with Gasteiger partial charge in [0.25, 0.3) is 0 Å². The lowest BCUT2D eigenvalue weighted by atomic mass is 9.98. The van der Waals surface area contributed by atoms with E-state index in [2.05, 4.69) is 0 Å². The Hall–Kier alpha value is -2.82. The third-order valence-corrected chi connectivity index (χ3v) is 5.13. The number of hydrogen-bond donors (Lipinski definition) is 0. The van der Waals surface area contributed by atoms with Gasteiger partial charge in [-0.2, -0.15) is 13.2 Å². The van der Waals surface area contributed by atoms with E-state index in [9.17, 15) is 18.0 Å². The monoisotopic (exact) mass is 385 g/mol. The topological polar surface area (TPSA) is 20.3 Å². The molecule has 2 nitrogen and oxygen atoms in total. The number of halogens is 3. The Morgan fingerprint density at radius 3 is 2.43 bits per heavy atom. The summed E-state index contributed by atoms with van der Waals surface area (Å²) in [4.78, 5) is 14.3. The van der Waals surface area contributed by atoms with Crippen LogP contribution in [0.25, 0.3) is 10.8 Å². The van der Waals surface area contributed by atoms with Crippen LogP contribution in [-0.2, 0) is 17.4 Å². The van der Waals surface area contributed by atoms with Gasteiger partial charge >= 0.3 is 6.18 Å². The van der Waals surface area contributed by atoms with Crippen LogP contribution in [0, 0.1) is 0 Å². The predicted octanol–water partition coefficient (Wildman–Crippen LogP) is 6.01. The van der Waals surface area contributed by atoms with E-state index in [1.165, 1.54) is 6.07 Å². The van der Waals surface area contributed by atoms with Gasteiger partial charge in [0, 0.05) is 13.5 Å². The molecule has 5 heteroatoms. The Morgan fingerprint density at radius 2 is 1.68 bits per heavy atom. The molecule has 28 heavy (non-hydrogen) atoms. The molecular formula is C23H22F3NO. The second-order valence-electron chi connectivity index (χ2n) is 6.95. The third-order valence-electron chi connectivity index (χ3n) is 5.13. The molecule has 3 rings (SSSR count). The molecule has 0 heterocycles. The molecule has 3 aromatic rings. The number of amides is 1. The normalized spacial score (nSPS) is 12.8. The highest BCUT2D eigenvalue weighted by Gasteiger charge is 2.30. The maximum Gasteiger partial charge on any atom is 0.416 e. The summed E-state index contributed by atoms with van der Waals surface area (Å²) in [5.74, 6) is -0.0992. The van der Waals surface area contributed by atoms with Crippen LogP contribution in [0.3, 0.4) is 0 Å². The number of nitrogens with zero attached hydrogens (tertiary/aromatic N) is 1. The van der Waals surface area contributed by atoms with Crippen molar-refractivity contribution in [3.63, 3.8) is 0 Å². The van der Waals surface area contributed by atoms with E-state index in [1.54, 1.807) is 18.0 Å². The zero-order valence-corrected chi connectivity index (χ0v) is 15.8. The highest BCUT2D eigenvalue weighted by molar-refractivity contribution is 5.86. The lowest BCUT2D eigenvalue weighted by molar-refractivity contribution is -0.137. The van der Waals surface area contributed by atoms with Crippen molar-refractivity contribution >= 4 is 16.7 Å². The van der Waals surface area contributed by atoms with Crippen molar-refractivity contribution in [2.24, 2.45) is 0 Å². The van der Waals surface area contributed by atoms with Crippen molar-refractivity contribution in [2.45, 2.75) is 32.0 Å². The Balaban J connectivity index is 1.71. The summed E-state index contributed by atoms with van der Waals surface area (Å²) in [7, 11) is 1.74. The average molecular weight is 385 g/mol. The SMILES string of the molecule is CC(c1cccc2ccccc12)N(C)C(=O)CCc1cccc(C(F)(F)F)c1. The number of rotatable bonds is 5. The second kappa shape index (κ2) is 8.05. The third kappa shape index (κ3) is 4.35. The lowest BCUT2D eigenvalue weighted by Gasteiger charge is -2.26. The molecule has 0 N–H and O–H groups in total. The summed E-state index contributed by atoms with van der Waals surface area (Å²) in [6.07, 6.45) is -3.94. The molecule has 1 amide bonds. The van der Waals surface area contributed by atoms with Gasteiger partial charge in [0.2, 0.25) is 5.91 Å². The molecule has 0 spiro atoms. The molecule has 0 aliphatic rings. The van der Waals surface area contributed by atoms with Crippen molar-refractivity contribution in [2.75, 3.05) is 7.05 Å². The summed E-state index contributed by atoms with van der Waals surface area (Å²) in [6.45, 7) is 1.96. The van der Waals surface area contributed by atoms with E-state index in [0.717, 1.165) is 28.5 Å². The van der Waals surface area contributed by atoms with Crippen molar-refractivity contribution in [3.8, 4) is 0 Å². The lowest BCUT2D eigenvalue weighted by Crippen LogP contribution is -2.30. The first-order valence-corrected chi connectivity index (χ1v) is 9.17. The van der Waals surface area contributed by atoms with Crippen molar-refractivity contribution < 1.29 is 18.0 Å². The van der Waals surface area contributed by atoms with E-state index in [1.807, 2.05) is 49.4 Å². The van der Waals surface area contributed by atoms with Crippen LogP contribution >= 0.6 is 0 Å². The molecule has 0 radical (unpaired) electrons. The number of hydrogen-bond acceptors (Lipinski definition) is 1. The van der Waals surface area contributed by atoms with Crippen LogP contribution in [0.4, 0.5) is 13.2 Å². The average Bonchev–Trinajstić information content (AvgIpc) is 2.70. The van der Waals surface area contributed by atoms with Gasteiger partial charge in [-0.15, -0.1) is 0 Å². The Kier molecular flexibility index (Phi) is 5.73. The standard InChI is InChI=1S/C23H22F3NO/c1-16(20-12-6-9-18-8-3-4-11-21(18)20)27(2)22(28)14-13-17-7-5-10-19(15-17)23(24,25)26/h3-12,15-16H,13-14H2,1-2H3. The van der Waals surface area contributed by atoms with Gasteiger partial charge in [0.05, 0.1) is 11.6 Å². The number of carbonyl (C=O) groups excluding carboxylic acids is 1. The summed E-state index contributed by atoms with van der Waals surface area (Å²) in [6, 6.07) is 19.0. The largest absolute Gasteiger partial charge is 0.416 e. The van der Waals surface area contributed by atoms with Crippen LogP contribution in [0.5, 0.6) is 0 Å². The minimum Gasteiger partial charge on any atom is -0.339 e. The smallest absolute Gasteiger partial charge is 0.339 e. The van der Waals surface area contributed by atoms with Crippen molar-refractivity contribution in [3.05, 3.63) is 83.4 Å². The molecule has 3 aromatic carbocycles. The quantitative estimate of drug-likeness (QED) is 0.527. The molecule has 0 aromatic heterocycles. The molecule has 0 saturated heterocycles. The molecule has 0 saturated carbocycles. The van der Waals surface area contributed by atoms with E-state index >= 15 is 0 Å². The summed E-state index contributed by atoms with van der Waals surface area (Å²) in [5, 5.41) is 2.20. The molecule has 0 aliphatic carbocycles. The zero-order valence-electron chi connectivity index (χ0n) is 15.8. The van der Waals surface area contributed by atoms with Crippen LogP contribution in [-0.4, -0.2) is 17.9 Å². The van der Waals surface area contributed by atoms with E-state index in [4.69, 9.17) is 0 Å². The maximum atomic E-state index is 12.8. The minimum absolute atomic E-state index is 0.0992. The van der Waals surface area contributed by atoms with Crippen LogP contribution in [0.1, 0.15) is 36.1 Å². The fourth-order valence-electron chi connectivity index (χ4n) is 3.37. The Bertz CT molecular complexity index is 975. The van der Waals surface area contributed by atoms with Gasteiger partial charge in [-0.1, -0.05) is 60.7 Å². The van der Waals surface area contributed by atoms with Crippen molar-refractivity contribution in [1.82, 2.24) is 4.90 Å².